The van der Waals surface area contributed by atoms with Gasteiger partial charge < -0.3 is 19.3 Å². The molecule has 0 radical (unpaired) electrons. The lowest BCUT2D eigenvalue weighted by molar-refractivity contribution is -0.141. The fraction of sp³-hybridized carbons (Fsp3) is 0.952. The van der Waals surface area contributed by atoms with Gasteiger partial charge in [-0.2, -0.15) is 23.5 Å². The molecule has 0 aliphatic rings. The molecule has 50 heavy (non-hydrogen) atoms. The molecule has 8 heteroatoms. The molecule has 0 aliphatic heterocycles. The van der Waals surface area contributed by atoms with Crippen LogP contribution in [0.2, 0.25) is 0 Å². The number of carbonyl (C=O) groups excluding carboxylic acids is 2. The Morgan fingerprint density at radius 2 is 0.640 bits per heavy atom. The number of unbranched alkanes of at least 4 members (excludes halogenated alkanes) is 21. The van der Waals surface area contributed by atoms with E-state index in [2.05, 4.69) is 47.4 Å². The van der Waals surface area contributed by atoms with Crippen LogP contribution in [0.15, 0.2) is 0 Å². The van der Waals surface area contributed by atoms with Gasteiger partial charge >= 0.3 is 11.9 Å². The number of ether oxygens (including phenoxy) is 2. The third-order valence-corrected chi connectivity index (χ3v) is 12.0. The minimum absolute atomic E-state index is 0.0696. The second-order valence-corrected chi connectivity index (χ2v) is 17.2. The Kier molecular flexibility index (Phi) is 41.0. The molecule has 0 amide bonds. The molecule has 0 N–H and O–H groups in total. The molecule has 0 aromatic carbocycles. The maximum atomic E-state index is 11.1. The van der Waals surface area contributed by atoms with E-state index >= 15 is 0 Å². The Morgan fingerprint density at radius 3 is 0.960 bits per heavy atom. The lowest BCUT2D eigenvalue weighted by Crippen LogP contribution is -2.28. The average Bonchev–Trinajstić information content (AvgIpc) is 3.11. The van der Waals surface area contributed by atoms with Crippen molar-refractivity contribution in [1.29, 1.82) is 0 Å². The van der Waals surface area contributed by atoms with Crippen molar-refractivity contribution < 1.29 is 19.1 Å². The minimum Gasteiger partial charge on any atom is -0.469 e. The van der Waals surface area contributed by atoms with Gasteiger partial charge in [0.25, 0.3) is 0 Å². The third-order valence-electron chi connectivity index (χ3n) is 9.65. The van der Waals surface area contributed by atoms with Crippen molar-refractivity contribution in [2.24, 2.45) is 0 Å². The number of carbonyl (C=O) groups is 2. The average molecular weight is 745 g/mol. The van der Waals surface area contributed by atoms with Gasteiger partial charge in [-0.05, 0) is 127 Å². The van der Waals surface area contributed by atoms with E-state index in [1.807, 2.05) is 0 Å². The first-order chi connectivity index (χ1) is 24.5. The highest BCUT2D eigenvalue weighted by Gasteiger charge is 2.06. The van der Waals surface area contributed by atoms with E-state index in [0.717, 1.165) is 25.7 Å². The van der Waals surface area contributed by atoms with Crippen molar-refractivity contribution >= 4 is 35.5 Å². The van der Waals surface area contributed by atoms with Crippen LogP contribution in [0.3, 0.4) is 0 Å². The lowest BCUT2D eigenvalue weighted by Gasteiger charge is -2.23. The predicted octanol–water partition coefficient (Wildman–Crippen LogP) is 11.6. The highest BCUT2D eigenvalue weighted by atomic mass is 32.2. The number of nitrogens with zero attached hydrogens (tertiary/aromatic N) is 2. The largest absolute Gasteiger partial charge is 0.469 e. The fourth-order valence-electron chi connectivity index (χ4n) is 6.36. The van der Waals surface area contributed by atoms with E-state index in [9.17, 15) is 9.59 Å². The molecule has 298 valence electrons. The number of hydrogen-bond acceptors (Lipinski definition) is 8. The molecular weight excluding hydrogens is 661 g/mol. The Balaban J connectivity index is 3.67. The van der Waals surface area contributed by atoms with E-state index in [4.69, 9.17) is 9.47 Å². The van der Waals surface area contributed by atoms with Crippen molar-refractivity contribution in [1.82, 2.24) is 9.80 Å². The topological polar surface area (TPSA) is 59.1 Å². The summed E-state index contributed by atoms with van der Waals surface area (Å²) in [4.78, 5) is 27.4. The van der Waals surface area contributed by atoms with Gasteiger partial charge in [0, 0.05) is 12.8 Å². The number of rotatable bonds is 41. The van der Waals surface area contributed by atoms with E-state index in [1.165, 1.54) is 205 Å². The Bertz CT molecular complexity index is 663. The third kappa shape index (κ3) is 40.3. The standard InChI is InChI=1S/C42H84N2O4S2/c1-43(2)33-25-26-36-44(34-23-15-7-11-19-29-39-49-37-27-17-9-5-13-21-31-41(45)47-3)35-24-16-8-12-20-30-40-50-38-28-18-10-6-14-22-32-42(46)48-4/h5-40H2,1-4H3. The maximum Gasteiger partial charge on any atom is 0.305 e. The smallest absolute Gasteiger partial charge is 0.305 e. The summed E-state index contributed by atoms with van der Waals surface area (Å²) in [5, 5.41) is 0. The van der Waals surface area contributed by atoms with Gasteiger partial charge in [-0.3, -0.25) is 9.59 Å². The first-order valence-electron chi connectivity index (χ1n) is 21.2. The van der Waals surface area contributed by atoms with Crippen LogP contribution < -0.4 is 0 Å². The molecule has 6 nitrogen and oxygen atoms in total. The first-order valence-corrected chi connectivity index (χ1v) is 23.5. The molecule has 0 spiro atoms. The van der Waals surface area contributed by atoms with Gasteiger partial charge in [0.2, 0.25) is 0 Å². The van der Waals surface area contributed by atoms with Gasteiger partial charge in [-0.1, -0.05) is 103 Å². The first kappa shape index (κ1) is 49.6. The molecular formula is C42H84N2O4S2. The molecule has 0 rings (SSSR count). The number of esters is 2. The summed E-state index contributed by atoms with van der Waals surface area (Å²) >= 11 is 4.31. The Morgan fingerprint density at radius 1 is 0.380 bits per heavy atom. The van der Waals surface area contributed by atoms with Gasteiger partial charge in [-0.15, -0.1) is 0 Å². The minimum atomic E-state index is -0.0696. The molecule has 0 unspecified atom stereocenters. The lowest BCUT2D eigenvalue weighted by atomic mass is 10.1. The van der Waals surface area contributed by atoms with Crippen LogP contribution in [0, 0.1) is 0 Å². The summed E-state index contributed by atoms with van der Waals surface area (Å²) in [7, 11) is 7.33. The van der Waals surface area contributed by atoms with Crippen LogP contribution in [0.25, 0.3) is 0 Å². The van der Waals surface area contributed by atoms with Gasteiger partial charge in [0.05, 0.1) is 14.2 Å². The SMILES string of the molecule is COC(=O)CCCCCCCCSCCCCCCCCN(CCCCCCCCSCCCCCCCCC(=O)OC)CCCCN(C)C. The molecule has 0 fully saturated rings. The highest BCUT2D eigenvalue weighted by Crippen LogP contribution is 2.16. The summed E-state index contributed by atoms with van der Waals surface area (Å²) in [6.45, 7) is 5.10. The zero-order valence-electron chi connectivity index (χ0n) is 33.8. The summed E-state index contributed by atoms with van der Waals surface area (Å²) in [6, 6.07) is 0. The quantitative estimate of drug-likeness (QED) is 0.0453. The number of thioether (sulfide) groups is 2. The summed E-state index contributed by atoms with van der Waals surface area (Å²) in [6.07, 6.45) is 35.3. The normalized spacial score (nSPS) is 11.6. The van der Waals surface area contributed by atoms with Crippen molar-refractivity contribution in [3.8, 4) is 0 Å². The summed E-state index contributed by atoms with van der Waals surface area (Å²) in [5.41, 5.74) is 0. The molecule has 0 bridgehead atoms. The van der Waals surface area contributed by atoms with Crippen LogP contribution in [0.5, 0.6) is 0 Å². The zero-order chi connectivity index (χ0) is 36.6. The molecule has 0 saturated carbocycles. The van der Waals surface area contributed by atoms with Crippen LogP contribution in [0.4, 0.5) is 0 Å². The number of hydrogen-bond donors (Lipinski definition) is 0. The van der Waals surface area contributed by atoms with Crippen molar-refractivity contribution in [2.45, 2.75) is 180 Å². The second kappa shape index (κ2) is 41.3. The molecule has 0 aromatic rings. The van der Waals surface area contributed by atoms with E-state index in [-0.39, 0.29) is 11.9 Å². The van der Waals surface area contributed by atoms with Gasteiger partial charge in [0.15, 0.2) is 0 Å². The Hall–Kier alpha value is -0.440. The van der Waals surface area contributed by atoms with Crippen LogP contribution in [-0.4, -0.2) is 99.2 Å². The second-order valence-electron chi connectivity index (χ2n) is 14.7. The summed E-state index contributed by atoms with van der Waals surface area (Å²) < 4.78 is 9.40. The van der Waals surface area contributed by atoms with Crippen molar-refractivity contribution in [3.05, 3.63) is 0 Å². The fourth-order valence-corrected chi connectivity index (χ4v) is 8.40. The Labute approximate surface area is 320 Å². The molecule has 0 aliphatic carbocycles. The monoisotopic (exact) mass is 745 g/mol. The maximum absolute atomic E-state index is 11.1. The van der Waals surface area contributed by atoms with Crippen LogP contribution in [0.1, 0.15) is 180 Å². The van der Waals surface area contributed by atoms with Crippen molar-refractivity contribution in [3.63, 3.8) is 0 Å². The molecule has 0 heterocycles. The summed E-state index contributed by atoms with van der Waals surface area (Å²) in [5.74, 6) is 5.16. The van der Waals surface area contributed by atoms with E-state index < -0.39 is 0 Å². The highest BCUT2D eigenvalue weighted by molar-refractivity contribution is 7.99. The number of methoxy groups -OCH3 is 2. The van der Waals surface area contributed by atoms with E-state index in [1.54, 1.807) is 0 Å². The predicted molar refractivity (Wildman–Crippen MR) is 223 cm³/mol. The van der Waals surface area contributed by atoms with E-state index in [0.29, 0.717) is 12.8 Å². The van der Waals surface area contributed by atoms with Crippen LogP contribution in [-0.2, 0) is 19.1 Å². The van der Waals surface area contributed by atoms with Gasteiger partial charge in [-0.25, -0.2) is 0 Å². The van der Waals surface area contributed by atoms with Gasteiger partial charge in [0.1, 0.15) is 0 Å². The van der Waals surface area contributed by atoms with Crippen molar-refractivity contribution in [2.75, 3.05) is 77.5 Å². The molecule has 0 aromatic heterocycles. The van der Waals surface area contributed by atoms with Crippen LogP contribution >= 0.6 is 23.5 Å². The molecule has 0 atom stereocenters. The zero-order valence-corrected chi connectivity index (χ0v) is 35.4. The molecule has 0 saturated heterocycles.